The number of carbonyl (C=O) groups excluding carboxylic acids is 2. The highest BCUT2D eigenvalue weighted by Gasteiger charge is 2.48. The molecule has 0 saturated carbocycles. The SMILES string of the molecule is Cc1ccc(C(O)=C2C(=O)C(=O)N(c3cc(C)on3)[C@@H]2c2ccc([N+](=O)[O-])cc2)cc1. The van der Waals surface area contributed by atoms with Crippen molar-refractivity contribution in [1.82, 2.24) is 5.16 Å². The van der Waals surface area contributed by atoms with E-state index in [-0.39, 0.29) is 22.8 Å². The van der Waals surface area contributed by atoms with Gasteiger partial charge in [-0.25, -0.2) is 0 Å². The number of Topliss-reactive ketones (excluding diaryl/α,β-unsaturated/α-hetero) is 1. The highest BCUT2D eigenvalue weighted by atomic mass is 16.6. The summed E-state index contributed by atoms with van der Waals surface area (Å²) in [6.45, 7) is 3.52. The van der Waals surface area contributed by atoms with Crippen LogP contribution in [0, 0.1) is 24.0 Å². The van der Waals surface area contributed by atoms with Gasteiger partial charge in [0.25, 0.3) is 11.5 Å². The number of ketones is 1. The van der Waals surface area contributed by atoms with Gasteiger partial charge in [-0.2, -0.15) is 0 Å². The lowest BCUT2D eigenvalue weighted by molar-refractivity contribution is -0.384. The number of aliphatic hydroxyl groups is 1. The molecule has 31 heavy (non-hydrogen) atoms. The third-order valence-corrected chi connectivity index (χ3v) is 5.05. The van der Waals surface area contributed by atoms with Crippen molar-refractivity contribution in [2.24, 2.45) is 0 Å². The molecule has 9 heteroatoms. The van der Waals surface area contributed by atoms with Crippen molar-refractivity contribution in [3.8, 4) is 0 Å². The van der Waals surface area contributed by atoms with Gasteiger partial charge in [-0.05, 0) is 31.5 Å². The first-order valence-electron chi connectivity index (χ1n) is 9.33. The van der Waals surface area contributed by atoms with Gasteiger partial charge in [-0.15, -0.1) is 0 Å². The predicted octanol–water partition coefficient (Wildman–Crippen LogP) is 3.83. The van der Waals surface area contributed by atoms with E-state index in [0.717, 1.165) is 10.5 Å². The smallest absolute Gasteiger partial charge is 0.301 e. The number of hydrogen-bond acceptors (Lipinski definition) is 7. The number of anilines is 1. The van der Waals surface area contributed by atoms with E-state index in [1.165, 1.54) is 30.3 Å². The first-order chi connectivity index (χ1) is 14.8. The van der Waals surface area contributed by atoms with Gasteiger partial charge in [-0.1, -0.05) is 35.0 Å². The molecular weight excluding hydrogens is 402 g/mol. The number of nitro benzene ring substituents is 1. The Balaban J connectivity index is 1.92. The molecule has 4 rings (SSSR count). The highest BCUT2D eigenvalue weighted by molar-refractivity contribution is 6.51. The summed E-state index contributed by atoms with van der Waals surface area (Å²) < 4.78 is 5.07. The van der Waals surface area contributed by atoms with Crippen molar-refractivity contribution in [2.45, 2.75) is 19.9 Å². The van der Waals surface area contributed by atoms with Gasteiger partial charge >= 0.3 is 5.91 Å². The van der Waals surface area contributed by atoms with E-state index in [1.807, 2.05) is 6.92 Å². The number of hydrogen-bond donors (Lipinski definition) is 1. The minimum absolute atomic E-state index is 0.103. The number of carbonyl (C=O) groups is 2. The zero-order valence-electron chi connectivity index (χ0n) is 16.6. The molecule has 2 aromatic carbocycles. The van der Waals surface area contributed by atoms with E-state index in [1.54, 1.807) is 31.2 Å². The Kier molecular flexibility index (Phi) is 4.86. The second-order valence-electron chi connectivity index (χ2n) is 7.18. The summed E-state index contributed by atoms with van der Waals surface area (Å²) in [7, 11) is 0. The van der Waals surface area contributed by atoms with Crippen LogP contribution in [0.25, 0.3) is 5.76 Å². The third kappa shape index (κ3) is 3.46. The number of non-ortho nitro benzene ring substituents is 1. The standard InChI is InChI=1S/C22H17N3O6/c1-12-3-5-15(6-4-12)20(26)18-19(14-7-9-16(10-8-14)25(29)30)24(22(28)21(18)27)17-11-13(2)31-23-17/h3-11,19,26H,1-2H3/t19-/m1/s1. The molecule has 156 valence electrons. The van der Waals surface area contributed by atoms with Gasteiger partial charge in [0.05, 0.1) is 16.5 Å². The number of nitro groups is 1. The molecule has 1 aliphatic rings. The lowest BCUT2D eigenvalue weighted by Gasteiger charge is -2.22. The summed E-state index contributed by atoms with van der Waals surface area (Å²) >= 11 is 0. The maximum Gasteiger partial charge on any atom is 0.301 e. The molecule has 1 N–H and O–H groups in total. The minimum Gasteiger partial charge on any atom is -0.507 e. The predicted molar refractivity (Wildman–Crippen MR) is 110 cm³/mol. The van der Waals surface area contributed by atoms with Gasteiger partial charge in [-0.3, -0.25) is 24.6 Å². The highest BCUT2D eigenvalue weighted by Crippen LogP contribution is 2.42. The molecule has 0 unspecified atom stereocenters. The van der Waals surface area contributed by atoms with Crippen LogP contribution < -0.4 is 4.90 Å². The van der Waals surface area contributed by atoms with Crippen molar-refractivity contribution >= 4 is 29.0 Å². The van der Waals surface area contributed by atoms with Crippen molar-refractivity contribution < 1.29 is 24.1 Å². The molecule has 1 saturated heterocycles. The second kappa shape index (κ2) is 7.52. The second-order valence-corrected chi connectivity index (χ2v) is 7.18. The maximum absolute atomic E-state index is 13.0. The van der Waals surface area contributed by atoms with Crippen molar-refractivity contribution in [2.75, 3.05) is 4.90 Å². The fraction of sp³-hybridized carbons (Fsp3) is 0.136. The molecular formula is C22H17N3O6. The molecule has 1 amide bonds. The van der Waals surface area contributed by atoms with Gasteiger partial charge in [0.2, 0.25) is 0 Å². The van der Waals surface area contributed by atoms with E-state index < -0.39 is 22.7 Å². The Morgan fingerprint density at radius 3 is 2.29 bits per heavy atom. The molecule has 0 spiro atoms. The molecule has 3 aromatic rings. The number of aliphatic hydroxyl groups excluding tert-OH is 1. The molecule has 1 aromatic heterocycles. The number of amides is 1. The van der Waals surface area contributed by atoms with Crippen LogP contribution in [0.5, 0.6) is 0 Å². The Morgan fingerprint density at radius 2 is 1.74 bits per heavy atom. The molecule has 1 fully saturated rings. The minimum atomic E-state index is -1.04. The topological polar surface area (TPSA) is 127 Å². The summed E-state index contributed by atoms with van der Waals surface area (Å²) in [5.41, 5.74) is 1.45. The summed E-state index contributed by atoms with van der Waals surface area (Å²) in [6, 6.07) is 12.7. The van der Waals surface area contributed by atoms with E-state index in [4.69, 9.17) is 4.52 Å². The molecule has 0 aliphatic carbocycles. The van der Waals surface area contributed by atoms with E-state index in [0.29, 0.717) is 16.9 Å². The average Bonchev–Trinajstić information content (AvgIpc) is 3.29. The largest absolute Gasteiger partial charge is 0.507 e. The maximum atomic E-state index is 13.0. The van der Waals surface area contributed by atoms with Crippen LogP contribution >= 0.6 is 0 Å². The van der Waals surface area contributed by atoms with Crippen LogP contribution in [-0.2, 0) is 9.59 Å². The molecule has 1 atom stereocenters. The van der Waals surface area contributed by atoms with E-state index >= 15 is 0 Å². The quantitative estimate of drug-likeness (QED) is 0.224. The normalized spacial score (nSPS) is 17.9. The zero-order valence-corrected chi connectivity index (χ0v) is 16.6. The fourth-order valence-electron chi connectivity index (χ4n) is 3.50. The van der Waals surface area contributed by atoms with Crippen LogP contribution in [0.3, 0.4) is 0 Å². The lowest BCUT2D eigenvalue weighted by Crippen LogP contribution is -2.29. The van der Waals surface area contributed by atoms with Crippen LogP contribution in [0.2, 0.25) is 0 Å². The number of benzene rings is 2. The first kappa shape index (κ1) is 20.0. The monoisotopic (exact) mass is 419 g/mol. The molecule has 0 bridgehead atoms. The average molecular weight is 419 g/mol. The van der Waals surface area contributed by atoms with Gasteiger partial charge in [0, 0.05) is 23.8 Å². The van der Waals surface area contributed by atoms with E-state index in [2.05, 4.69) is 5.16 Å². The van der Waals surface area contributed by atoms with Crippen molar-refractivity contribution in [3.05, 3.63) is 92.7 Å². The lowest BCUT2D eigenvalue weighted by atomic mass is 9.95. The molecule has 1 aliphatic heterocycles. The van der Waals surface area contributed by atoms with Crippen LogP contribution in [0.1, 0.15) is 28.5 Å². The van der Waals surface area contributed by atoms with Crippen LogP contribution in [0.15, 0.2) is 64.7 Å². The van der Waals surface area contributed by atoms with Gasteiger partial charge in [0.15, 0.2) is 5.82 Å². The zero-order chi connectivity index (χ0) is 22.3. The summed E-state index contributed by atoms with van der Waals surface area (Å²) in [5, 5.41) is 25.8. The van der Waals surface area contributed by atoms with Gasteiger partial charge < -0.3 is 9.63 Å². The van der Waals surface area contributed by atoms with Crippen LogP contribution in [-0.4, -0.2) is 26.9 Å². The Labute approximate surface area is 176 Å². The molecule has 0 radical (unpaired) electrons. The number of rotatable bonds is 4. The molecule has 9 nitrogen and oxygen atoms in total. The summed E-state index contributed by atoms with van der Waals surface area (Å²) in [6.07, 6.45) is 0. The summed E-state index contributed by atoms with van der Waals surface area (Å²) in [5.74, 6) is -1.58. The third-order valence-electron chi connectivity index (χ3n) is 5.05. The van der Waals surface area contributed by atoms with Crippen LogP contribution in [0.4, 0.5) is 11.5 Å². The Bertz CT molecular complexity index is 1220. The Morgan fingerprint density at radius 1 is 1.10 bits per heavy atom. The van der Waals surface area contributed by atoms with Gasteiger partial charge in [0.1, 0.15) is 11.5 Å². The molecule has 2 heterocycles. The summed E-state index contributed by atoms with van der Waals surface area (Å²) in [4.78, 5) is 37.5. The number of nitrogens with zero attached hydrogens (tertiary/aromatic N) is 3. The first-order valence-corrected chi connectivity index (χ1v) is 9.33. The Hall–Kier alpha value is -4.27. The number of aromatic nitrogens is 1. The fourth-order valence-corrected chi connectivity index (χ4v) is 3.50. The van der Waals surface area contributed by atoms with Crippen molar-refractivity contribution in [1.29, 1.82) is 0 Å². The number of aryl methyl sites for hydroxylation is 2. The van der Waals surface area contributed by atoms with Crippen molar-refractivity contribution in [3.63, 3.8) is 0 Å². The van der Waals surface area contributed by atoms with E-state index in [9.17, 15) is 24.8 Å².